The van der Waals surface area contributed by atoms with Crippen LogP contribution in [0.15, 0.2) is 48.5 Å². The van der Waals surface area contributed by atoms with Gasteiger partial charge in [-0.2, -0.15) is 8.78 Å². The van der Waals surface area contributed by atoms with Crippen molar-refractivity contribution >= 4 is 5.97 Å². The lowest BCUT2D eigenvalue weighted by Gasteiger charge is -2.15. The van der Waals surface area contributed by atoms with E-state index in [4.69, 9.17) is 4.74 Å². The first kappa shape index (κ1) is 15.9. The highest BCUT2D eigenvalue weighted by Gasteiger charge is 2.42. The molecule has 2 aromatic carbocycles. The third kappa shape index (κ3) is 3.24. The Labute approximate surface area is 127 Å². The quantitative estimate of drug-likeness (QED) is 0.783. The molecule has 0 unspecified atom stereocenters. The summed E-state index contributed by atoms with van der Waals surface area (Å²) in [4.78, 5) is 11.3. The molecule has 22 heavy (non-hydrogen) atoms. The average Bonchev–Trinajstić information content (AvgIpc) is 2.55. The molecule has 3 nitrogen and oxygen atoms in total. The van der Waals surface area contributed by atoms with E-state index in [1.807, 2.05) is 12.1 Å². The fourth-order valence-electron chi connectivity index (χ4n) is 2.00. The van der Waals surface area contributed by atoms with E-state index in [-0.39, 0.29) is 12.2 Å². The van der Waals surface area contributed by atoms with Crippen LogP contribution in [0.4, 0.5) is 8.78 Å². The number of hydrogen-bond acceptors (Lipinski definition) is 3. The topological polar surface area (TPSA) is 35.5 Å². The summed E-state index contributed by atoms with van der Waals surface area (Å²) in [5.41, 5.74) is 1.25. The van der Waals surface area contributed by atoms with Gasteiger partial charge in [-0.15, -0.1) is 0 Å². The minimum atomic E-state index is -3.64. The third-order valence-electron chi connectivity index (χ3n) is 3.20. The van der Waals surface area contributed by atoms with Crippen LogP contribution < -0.4 is 4.74 Å². The summed E-state index contributed by atoms with van der Waals surface area (Å²) in [5, 5.41) is 0. The van der Waals surface area contributed by atoms with E-state index in [0.717, 1.165) is 11.1 Å². The maximum atomic E-state index is 13.9. The number of halogens is 2. The summed E-state index contributed by atoms with van der Waals surface area (Å²) in [5.74, 6) is -4.46. The Morgan fingerprint density at radius 1 is 1.00 bits per heavy atom. The fourth-order valence-corrected chi connectivity index (χ4v) is 2.00. The van der Waals surface area contributed by atoms with Crippen molar-refractivity contribution in [2.45, 2.75) is 12.8 Å². The van der Waals surface area contributed by atoms with Crippen molar-refractivity contribution in [3.8, 4) is 16.9 Å². The van der Waals surface area contributed by atoms with E-state index >= 15 is 0 Å². The molecule has 0 N–H and O–H groups in total. The highest BCUT2D eigenvalue weighted by Crippen LogP contribution is 2.31. The van der Waals surface area contributed by atoms with Gasteiger partial charge in [0, 0.05) is 5.56 Å². The van der Waals surface area contributed by atoms with Gasteiger partial charge in [-0.05, 0) is 30.2 Å². The van der Waals surface area contributed by atoms with Gasteiger partial charge >= 0.3 is 11.9 Å². The Hall–Kier alpha value is -2.43. The van der Waals surface area contributed by atoms with Gasteiger partial charge in [0.2, 0.25) is 0 Å². The Balaban J connectivity index is 2.24. The van der Waals surface area contributed by atoms with E-state index in [1.54, 1.807) is 31.4 Å². The molecular formula is C17H16F2O3. The molecule has 2 rings (SSSR count). The van der Waals surface area contributed by atoms with Gasteiger partial charge in [-0.3, -0.25) is 0 Å². The first-order valence-corrected chi connectivity index (χ1v) is 6.79. The summed E-state index contributed by atoms with van der Waals surface area (Å²) < 4.78 is 37.2. The van der Waals surface area contributed by atoms with Gasteiger partial charge in [-0.1, -0.05) is 36.4 Å². The Bertz CT molecular complexity index is 634. The van der Waals surface area contributed by atoms with E-state index in [9.17, 15) is 13.6 Å². The van der Waals surface area contributed by atoms with E-state index < -0.39 is 11.9 Å². The largest absolute Gasteiger partial charge is 0.497 e. The predicted octanol–water partition coefficient (Wildman–Crippen LogP) is 4.02. The molecule has 0 spiro atoms. The number of alkyl halides is 2. The molecule has 0 saturated carbocycles. The van der Waals surface area contributed by atoms with Crippen LogP contribution in [0.2, 0.25) is 0 Å². The lowest BCUT2D eigenvalue weighted by molar-refractivity contribution is -0.173. The number of methoxy groups -OCH3 is 1. The third-order valence-corrected chi connectivity index (χ3v) is 3.20. The van der Waals surface area contributed by atoms with E-state index in [2.05, 4.69) is 4.74 Å². The SMILES string of the molecule is CCOC(=O)C(F)(F)c1ccc(-c2ccc(OC)cc2)cc1. The number of carbonyl (C=O) groups excluding carboxylic acids is 1. The highest BCUT2D eigenvalue weighted by molar-refractivity contribution is 5.79. The Morgan fingerprint density at radius 3 is 1.95 bits per heavy atom. The molecule has 0 aliphatic rings. The van der Waals surface area contributed by atoms with Crippen molar-refractivity contribution in [3.63, 3.8) is 0 Å². The summed E-state index contributed by atoms with van der Waals surface area (Å²) >= 11 is 0. The highest BCUT2D eigenvalue weighted by atomic mass is 19.3. The van der Waals surface area contributed by atoms with Crippen molar-refractivity contribution in [1.29, 1.82) is 0 Å². The Kier molecular flexibility index (Phi) is 4.75. The van der Waals surface area contributed by atoms with Crippen LogP contribution in [0.5, 0.6) is 5.75 Å². The second-order valence-electron chi connectivity index (χ2n) is 4.60. The summed E-state index contributed by atoms with van der Waals surface area (Å²) in [6.45, 7) is 1.40. The molecule has 0 aliphatic heterocycles. The van der Waals surface area contributed by atoms with Gasteiger partial charge in [0.1, 0.15) is 5.75 Å². The van der Waals surface area contributed by atoms with Gasteiger partial charge in [0.15, 0.2) is 0 Å². The molecule has 0 aromatic heterocycles. The molecule has 0 saturated heterocycles. The minimum Gasteiger partial charge on any atom is -0.497 e. The van der Waals surface area contributed by atoms with Gasteiger partial charge in [0.25, 0.3) is 0 Å². The van der Waals surface area contributed by atoms with Crippen molar-refractivity contribution in [2.75, 3.05) is 13.7 Å². The van der Waals surface area contributed by atoms with Crippen molar-refractivity contribution in [3.05, 3.63) is 54.1 Å². The van der Waals surface area contributed by atoms with Crippen molar-refractivity contribution in [2.24, 2.45) is 0 Å². The fraction of sp³-hybridized carbons (Fsp3) is 0.235. The predicted molar refractivity (Wildman–Crippen MR) is 79.0 cm³/mol. The molecule has 0 heterocycles. The molecule has 5 heteroatoms. The summed E-state index contributed by atoms with van der Waals surface area (Å²) in [6.07, 6.45) is 0. The smallest absolute Gasteiger partial charge is 0.381 e. The summed E-state index contributed by atoms with van der Waals surface area (Å²) in [6, 6.07) is 12.8. The van der Waals surface area contributed by atoms with Crippen LogP contribution in [0.1, 0.15) is 12.5 Å². The molecule has 0 aliphatic carbocycles. The normalized spacial score (nSPS) is 11.1. The van der Waals surface area contributed by atoms with Crippen molar-refractivity contribution in [1.82, 2.24) is 0 Å². The van der Waals surface area contributed by atoms with Crippen LogP contribution in [-0.2, 0) is 15.5 Å². The zero-order valence-electron chi connectivity index (χ0n) is 12.3. The van der Waals surface area contributed by atoms with Crippen LogP contribution in [0.3, 0.4) is 0 Å². The number of hydrogen-bond donors (Lipinski definition) is 0. The number of carbonyl (C=O) groups is 1. The average molecular weight is 306 g/mol. The van der Waals surface area contributed by atoms with Crippen LogP contribution in [0.25, 0.3) is 11.1 Å². The molecule has 0 fully saturated rings. The lowest BCUT2D eigenvalue weighted by atomic mass is 10.0. The number of rotatable bonds is 5. The number of ether oxygens (including phenoxy) is 2. The maximum Gasteiger partial charge on any atom is 0.381 e. The first-order chi connectivity index (χ1) is 10.5. The standard InChI is InChI=1S/C17H16F2O3/c1-3-22-16(20)17(18,19)14-8-4-12(5-9-14)13-6-10-15(21-2)11-7-13/h4-11H,3H2,1-2H3. The van der Waals surface area contributed by atoms with Gasteiger partial charge in [0.05, 0.1) is 13.7 Å². The second-order valence-corrected chi connectivity index (χ2v) is 4.60. The van der Waals surface area contributed by atoms with Gasteiger partial charge < -0.3 is 9.47 Å². The van der Waals surface area contributed by atoms with Gasteiger partial charge in [-0.25, -0.2) is 4.79 Å². The second kappa shape index (κ2) is 6.56. The molecule has 0 amide bonds. The molecular weight excluding hydrogens is 290 g/mol. The number of esters is 1. The van der Waals surface area contributed by atoms with E-state index in [0.29, 0.717) is 5.75 Å². The van der Waals surface area contributed by atoms with Crippen LogP contribution in [-0.4, -0.2) is 19.7 Å². The zero-order chi connectivity index (χ0) is 16.2. The molecule has 2 aromatic rings. The molecule has 0 atom stereocenters. The van der Waals surface area contributed by atoms with E-state index in [1.165, 1.54) is 19.1 Å². The van der Waals surface area contributed by atoms with Crippen molar-refractivity contribution < 1.29 is 23.0 Å². The Morgan fingerprint density at radius 2 is 1.50 bits per heavy atom. The molecule has 0 bridgehead atoms. The monoisotopic (exact) mass is 306 g/mol. The summed E-state index contributed by atoms with van der Waals surface area (Å²) in [7, 11) is 1.57. The van der Waals surface area contributed by atoms with Crippen LogP contribution >= 0.6 is 0 Å². The molecule has 116 valence electrons. The first-order valence-electron chi connectivity index (χ1n) is 6.79. The van der Waals surface area contributed by atoms with Crippen LogP contribution in [0, 0.1) is 0 Å². The lowest BCUT2D eigenvalue weighted by Crippen LogP contribution is -2.28. The maximum absolute atomic E-state index is 13.9. The zero-order valence-corrected chi connectivity index (χ0v) is 12.3. The minimum absolute atomic E-state index is 0.0850. The number of benzene rings is 2. The molecule has 0 radical (unpaired) electrons.